The molecule has 0 spiro atoms. The Morgan fingerprint density at radius 2 is 1.71 bits per heavy atom. The Hall–Kier alpha value is -3.55. The van der Waals surface area contributed by atoms with E-state index in [2.05, 4.69) is 15.5 Å². The molecular weight excluding hydrogens is 365 g/mol. The number of aromatic nitrogens is 2. The number of rotatable bonds is 6. The van der Waals surface area contributed by atoms with Crippen molar-refractivity contribution in [2.24, 2.45) is 0 Å². The zero-order chi connectivity index (χ0) is 20.3. The number of hydrogen-bond donors (Lipinski definition) is 2. The molecule has 146 valence electrons. The van der Waals surface area contributed by atoms with E-state index in [9.17, 15) is 9.18 Å². The number of H-pyrrole nitrogens is 1. The van der Waals surface area contributed by atoms with Crippen LogP contribution >= 0.6 is 0 Å². The second-order valence-corrected chi connectivity index (χ2v) is 5.92. The maximum Gasteiger partial charge on any atom is 0.258 e. The van der Waals surface area contributed by atoms with Crippen molar-refractivity contribution in [3.8, 4) is 28.5 Å². The third-order valence-corrected chi connectivity index (χ3v) is 4.24. The summed E-state index contributed by atoms with van der Waals surface area (Å²) in [5.74, 6) is 0.164. The second kappa shape index (κ2) is 7.99. The van der Waals surface area contributed by atoms with Crippen molar-refractivity contribution in [3.63, 3.8) is 0 Å². The van der Waals surface area contributed by atoms with E-state index < -0.39 is 11.7 Å². The average molecular weight is 385 g/mol. The predicted octanol–water partition coefficient (Wildman–Crippen LogP) is 3.80. The highest BCUT2D eigenvalue weighted by molar-refractivity contribution is 6.06. The van der Waals surface area contributed by atoms with Gasteiger partial charge in [-0.2, -0.15) is 5.10 Å². The lowest BCUT2D eigenvalue weighted by Crippen LogP contribution is -2.14. The van der Waals surface area contributed by atoms with E-state index in [-0.39, 0.29) is 5.56 Å². The molecule has 0 fully saturated rings. The largest absolute Gasteiger partial charge is 0.493 e. The van der Waals surface area contributed by atoms with Gasteiger partial charge in [-0.1, -0.05) is 12.1 Å². The molecular formula is C20H20FN3O4. The van der Waals surface area contributed by atoms with Crippen LogP contribution in [-0.4, -0.2) is 37.4 Å². The van der Waals surface area contributed by atoms with Gasteiger partial charge in [0.05, 0.1) is 38.3 Å². The molecule has 0 bridgehead atoms. The third-order valence-electron chi connectivity index (χ3n) is 4.24. The van der Waals surface area contributed by atoms with Crippen molar-refractivity contribution in [2.75, 3.05) is 26.6 Å². The van der Waals surface area contributed by atoms with Gasteiger partial charge in [0, 0.05) is 5.56 Å². The number of halogens is 1. The van der Waals surface area contributed by atoms with Crippen LogP contribution in [0.3, 0.4) is 0 Å². The van der Waals surface area contributed by atoms with Gasteiger partial charge in [0.25, 0.3) is 5.91 Å². The van der Waals surface area contributed by atoms with Crippen LogP contribution in [0.15, 0.2) is 36.4 Å². The molecule has 0 unspecified atom stereocenters. The first-order valence-electron chi connectivity index (χ1n) is 8.41. The smallest absolute Gasteiger partial charge is 0.258 e. The van der Waals surface area contributed by atoms with E-state index >= 15 is 0 Å². The van der Waals surface area contributed by atoms with Gasteiger partial charge in [-0.25, -0.2) is 4.39 Å². The first-order valence-corrected chi connectivity index (χ1v) is 8.41. The average Bonchev–Trinajstić information content (AvgIpc) is 3.07. The van der Waals surface area contributed by atoms with Gasteiger partial charge in [-0.3, -0.25) is 9.89 Å². The van der Waals surface area contributed by atoms with Crippen LogP contribution in [0.25, 0.3) is 11.3 Å². The molecule has 0 aliphatic heterocycles. The summed E-state index contributed by atoms with van der Waals surface area (Å²) in [6.45, 7) is 1.76. The summed E-state index contributed by atoms with van der Waals surface area (Å²) >= 11 is 0. The molecule has 1 amide bonds. The van der Waals surface area contributed by atoms with Gasteiger partial charge in [-0.15, -0.1) is 0 Å². The minimum atomic E-state index is -0.601. The molecule has 7 nitrogen and oxygen atoms in total. The van der Waals surface area contributed by atoms with E-state index in [4.69, 9.17) is 14.2 Å². The predicted molar refractivity (Wildman–Crippen MR) is 103 cm³/mol. The molecule has 2 aromatic carbocycles. The van der Waals surface area contributed by atoms with Gasteiger partial charge >= 0.3 is 0 Å². The molecule has 0 aliphatic rings. The van der Waals surface area contributed by atoms with E-state index in [0.717, 1.165) is 0 Å². The summed E-state index contributed by atoms with van der Waals surface area (Å²) in [4.78, 5) is 12.6. The number of carbonyl (C=O) groups is 1. The van der Waals surface area contributed by atoms with Crippen LogP contribution in [0.5, 0.6) is 17.2 Å². The normalized spacial score (nSPS) is 10.5. The van der Waals surface area contributed by atoms with Gasteiger partial charge < -0.3 is 19.5 Å². The summed E-state index contributed by atoms with van der Waals surface area (Å²) in [7, 11) is 4.54. The zero-order valence-corrected chi connectivity index (χ0v) is 15.9. The highest BCUT2D eigenvalue weighted by Gasteiger charge is 2.21. The zero-order valence-electron chi connectivity index (χ0n) is 15.9. The lowest BCUT2D eigenvalue weighted by molar-refractivity contribution is 0.102. The minimum absolute atomic E-state index is 0.0565. The Kier molecular flexibility index (Phi) is 5.49. The molecule has 2 N–H and O–H groups in total. The van der Waals surface area contributed by atoms with Crippen molar-refractivity contribution in [1.29, 1.82) is 0 Å². The molecule has 3 aromatic rings. The first-order chi connectivity index (χ1) is 13.5. The summed E-state index contributed by atoms with van der Waals surface area (Å²) in [6, 6.07) is 9.21. The highest BCUT2D eigenvalue weighted by atomic mass is 19.1. The quantitative estimate of drug-likeness (QED) is 0.674. The third kappa shape index (κ3) is 3.48. The summed E-state index contributed by atoms with van der Waals surface area (Å²) in [6.07, 6.45) is 0. The van der Waals surface area contributed by atoms with Crippen molar-refractivity contribution in [1.82, 2.24) is 10.2 Å². The van der Waals surface area contributed by atoms with Crippen LogP contribution in [0, 0.1) is 12.7 Å². The number of ether oxygens (including phenoxy) is 3. The van der Waals surface area contributed by atoms with Crippen molar-refractivity contribution >= 4 is 11.6 Å². The number of nitrogens with zero attached hydrogens (tertiary/aromatic N) is 1. The van der Waals surface area contributed by atoms with E-state index in [1.54, 1.807) is 25.1 Å². The second-order valence-electron chi connectivity index (χ2n) is 5.92. The monoisotopic (exact) mass is 385 g/mol. The molecule has 0 saturated carbocycles. The fourth-order valence-corrected chi connectivity index (χ4v) is 2.84. The van der Waals surface area contributed by atoms with Crippen LogP contribution in [0.1, 0.15) is 16.1 Å². The SMILES string of the molecule is COc1cc(-c2n[nH]c(C)c2NC(=O)c2ccccc2F)cc(OC)c1OC. The van der Waals surface area contributed by atoms with Crippen LogP contribution in [0.2, 0.25) is 0 Å². The van der Waals surface area contributed by atoms with Crippen molar-refractivity contribution in [3.05, 3.63) is 53.5 Å². The maximum atomic E-state index is 13.9. The Bertz CT molecular complexity index is 991. The molecule has 0 radical (unpaired) electrons. The number of nitrogens with one attached hydrogen (secondary N) is 2. The minimum Gasteiger partial charge on any atom is -0.493 e. The highest BCUT2D eigenvalue weighted by Crippen LogP contribution is 2.42. The number of anilines is 1. The maximum absolute atomic E-state index is 13.9. The Labute approximate surface area is 161 Å². The lowest BCUT2D eigenvalue weighted by Gasteiger charge is -2.14. The first kappa shape index (κ1) is 19.2. The molecule has 1 heterocycles. The summed E-state index contributed by atoms with van der Waals surface area (Å²) in [5, 5.41) is 9.85. The van der Waals surface area contributed by atoms with E-state index in [1.807, 2.05) is 0 Å². The Balaban J connectivity index is 2.04. The molecule has 3 rings (SSSR count). The van der Waals surface area contributed by atoms with Crippen molar-refractivity contribution < 1.29 is 23.4 Å². The van der Waals surface area contributed by atoms with E-state index in [0.29, 0.717) is 39.9 Å². The number of aromatic amines is 1. The van der Waals surface area contributed by atoms with Crippen molar-refractivity contribution in [2.45, 2.75) is 6.92 Å². The molecule has 8 heteroatoms. The number of aryl methyl sites for hydroxylation is 1. The molecule has 0 saturated heterocycles. The molecule has 28 heavy (non-hydrogen) atoms. The standard InChI is InChI=1S/C20H20FN3O4/c1-11-17(22-20(25)13-7-5-6-8-14(13)21)18(24-23-11)12-9-15(26-2)19(28-4)16(10-12)27-3/h5-10H,1-4H3,(H,22,25)(H,23,24). The van der Waals surface area contributed by atoms with Crippen LogP contribution < -0.4 is 19.5 Å². The van der Waals surface area contributed by atoms with Gasteiger partial charge in [0.15, 0.2) is 11.5 Å². The molecule has 0 atom stereocenters. The number of benzene rings is 2. The number of carbonyl (C=O) groups excluding carboxylic acids is 1. The molecule has 1 aromatic heterocycles. The Morgan fingerprint density at radius 3 is 2.29 bits per heavy atom. The molecule has 0 aliphatic carbocycles. The number of amides is 1. The van der Waals surface area contributed by atoms with Crippen LogP contribution in [-0.2, 0) is 0 Å². The van der Waals surface area contributed by atoms with Gasteiger partial charge in [-0.05, 0) is 31.2 Å². The lowest BCUT2D eigenvalue weighted by atomic mass is 10.1. The fraction of sp³-hybridized carbons (Fsp3) is 0.200. The van der Waals surface area contributed by atoms with Gasteiger partial charge in [0.1, 0.15) is 11.5 Å². The number of hydrogen-bond acceptors (Lipinski definition) is 5. The fourth-order valence-electron chi connectivity index (χ4n) is 2.84. The number of methoxy groups -OCH3 is 3. The van der Waals surface area contributed by atoms with Gasteiger partial charge in [0.2, 0.25) is 5.75 Å². The van der Waals surface area contributed by atoms with Crippen LogP contribution in [0.4, 0.5) is 10.1 Å². The summed E-state index contributed by atoms with van der Waals surface area (Å²) < 4.78 is 30.0. The summed E-state index contributed by atoms with van der Waals surface area (Å²) in [5.41, 5.74) is 2.08. The topological polar surface area (TPSA) is 85.5 Å². The Morgan fingerprint density at radius 1 is 1.07 bits per heavy atom. The van der Waals surface area contributed by atoms with E-state index in [1.165, 1.54) is 39.5 Å².